The van der Waals surface area contributed by atoms with Gasteiger partial charge in [0.15, 0.2) is 0 Å². The molecule has 106 valence electrons. The van der Waals surface area contributed by atoms with Gasteiger partial charge in [-0.2, -0.15) is 0 Å². The van der Waals surface area contributed by atoms with E-state index in [0.29, 0.717) is 12.1 Å². The molecule has 0 aliphatic heterocycles. The molecule has 0 aliphatic carbocycles. The van der Waals surface area contributed by atoms with Crippen molar-refractivity contribution >= 4 is 17.3 Å². The fourth-order valence-electron chi connectivity index (χ4n) is 1.99. The Kier molecular flexibility index (Phi) is 4.87. The molecule has 2 N–H and O–H groups in total. The van der Waals surface area contributed by atoms with E-state index < -0.39 is 0 Å². The molecule has 0 atom stereocenters. The second-order valence-electron chi connectivity index (χ2n) is 4.52. The summed E-state index contributed by atoms with van der Waals surface area (Å²) in [6.45, 7) is 2.63. The number of carbonyl (C=O) groups is 1. The Morgan fingerprint density at radius 3 is 2.95 bits per heavy atom. The standard InChI is InChI=1S/C15H18N2O2S/c1-10-13(20-14(17-10)6-7-16)9-11-4-3-5-12(8-11)15(18)19-2/h3-5,8H,6-7,9,16H2,1-2H3. The van der Waals surface area contributed by atoms with Crippen molar-refractivity contribution in [2.45, 2.75) is 19.8 Å². The highest BCUT2D eigenvalue weighted by Gasteiger charge is 2.10. The Hall–Kier alpha value is -1.72. The van der Waals surface area contributed by atoms with Crippen LogP contribution < -0.4 is 5.73 Å². The lowest BCUT2D eigenvalue weighted by Gasteiger charge is -2.03. The molecule has 0 bridgehead atoms. The molecule has 0 radical (unpaired) electrons. The Morgan fingerprint density at radius 2 is 2.25 bits per heavy atom. The van der Waals surface area contributed by atoms with Crippen LogP contribution in [0.15, 0.2) is 24.3 Å². The molecular weight excluding hydrogens is 272 g/mol. The number of aryl methyl sites for hydroxylation is 1. The number of rotatable bonds is 5. The number of nitrogens with zero attached hydrogens (tertiary/aromatic N) is 1. The van der Waals surface area contributed by atoms with Crippen LogP contribution >= 0.6 is 11.3 Å². The number of ether oxygens (including phenoxy) is 1. The third-order valence-corrected chi connectivity index (χ3v) is 4.23. The highest BCUT2D eigenvalue weighted by Crippen LogP contribution is 2.22. The van der Waals surface area contributed by atoms with Crippen molar-refractivity contribution < 1.29 is 9.53 Å². The summed E-state index contributed by atoms with van der Waals surface area (Å²) in [5.41, 5.74) is 8.26. The Balaban J connectivity index is 2.19. The lowest BCUT2D eigenvalue weighted by molar-refractivity contribution is 0.0600. The number of hydrogen-bond acceptors (Lipinski definition) is 5. The summed E-state index contributed by atoms with van der Waals surface area (Å²) >= 11 is 1.69. The zero-order valence-electron chi connectivity index (χ0n) is 11.7. The summed E-state index contributed by atoms with van der Waals surface area (Å²) in [6, 6.07) is 7.51. The third kappa shape index (κ3) is 3.43. The van der Waals surface area contributed by atoms with Crippen molar-refractivity contribution in [3.8, 4) is 0 Å². The number of hydrogen-bond donors (Lipinski definition) is 1. The Labute approximate surface area is 122 Å². The molecule has 0 fully saturated rings. The first-order chi connectivity index (χ1) is 9.63. The van der Waals surface area contributed by atoms with Crippen LogP contribution in [0.4, 0.5) is 0 Å². The maximum Gasteiger partial charge on any atom is 0.337 e. The molecule has 5 heteroatoms. The van der Waals surface area contributed by atoms with Crippen molar-refractivity contribution in [2.75, 3.05) is 13.7 Å². The van der Waals surface area contributed by atoms with Gasteiger partial charge in [-0.3, -0.25) is 0 Å². The van der Waals surface area contributed by atoms with E-state index in [1.165, 1.54) is 12.0 Å². The average Bonchev–Trinajstić information content (AvgIpc) is 2.79. The van der Waals surface area contributed by atoms with E-state index in [4.69, 9.17) is 10.5 Å². The van der Waals surface area contributed by atoms with Gasteiger partial charge in [0.1, 0.15) is 0 Å². The van der Waals surface area contributed by atoms with Crippen molar-refractivity contribution in [3.63, 3.8) is 0 Å². The van der Waals surface area contributed by atoms with Crippen molar-refractivity contribution in [2.24, 2.45) is 5.73 Å². The number of benzene rings is 1. The van der Waals surface area contributed by atoms with E-state index >= 15 is 0 Å². The summed E-state index contributed by atoms with van der Waals surface area (Å²) in [5.74, 6) is -0.309. The van der Waals surface area contributed by atoms with Crippen LogP contribution in [-0.4, -0.2) is 24.6 Å². The van der Waals surface area contributed by atoms with Crippen LogP contribution in [0.3, 0.4) is 0 Å². The van der Waals surface area contributed by atoms with Gasteiger partial charge < -0.3 is 10.5 Å². The second-order valence-corrected chi connectivity index (χ2v) is 5.69. The van der Waals surface area contributed by atoms with Crippen LogP contribution in [0.2, 0.25) is 0 Å². The van der Waals surface area contributed by atoms with Crippen molar-refractivity contribution in [1.82, 2.24) is 4.98 Å². The molecule has 1 aromatic heterocycles. The highest BCUT2D eigenvalue weighted by atomic mass is 32.1. The molecule has 0 saturated heterocycles. The molecule has 0 saturated carbocycles. The zero-order chi connectivity index (χ0) is 14.5. The largest absolute Gasteiger partial charge is 0.465 e. The van der Waals surface area contributed by atoms with Gasteiger partial charge in [-0.15, -0.1) is 11.3 Å². The van der Waals surface area contributed by atoms with Gasteiger partial charge in [0.2, 0.25) is 0 Å². The summed E-state index contributed by atoms with van der Waals surface area (Å²) < 4.78 is 4.74. The number of aromatic nitrogens is 1. The summed E-state index contributed by atoms with van der Waals surface area (Å²) in [7, 11) is 1.39. The summed E-state index contributed by atoms with van der Waals surface area (Å²) in [4.78, 5) is 17.3. The maximum atomic E-state index is 11.5. The minimum absolute atomic E-state index is 0.309. The van der Waals surface area contributed by atoms with Gasteiger partial charge in [-0.1, -0.05) is 12.1 Å². The molecule has 1 aromatic carbocycles. The number of thiazole rings is 1. The van der Waals surface area contributed by atoms with E-state index in [1.807, 2.05) is 25.1 Å². The minimum Gasteiger partial charge on any atom is -0.465 e. The van der Waals surface area contributed by atoms with E-state index in [0.717, 1.165) is 29.1 Å². The van der Waals surface area contributed by atoms with Gasteiger partial charge in [-0.25, -0.2) is 9.78 Å². The van der Waals surface area contributed by atoms with E-state index in [1.54, 1.807) is 17.4 Å². The van der Waals surface area contributed by atoms with Gasteiger partial charge in [0, 0.05) is 17.7 Å². The fourth-order valence-corrected chi connectivity index (χ4v) is 3.11. The van der Waals surface area contributed by atoms with Crippen molar-refractivity contribution in [3.05, 3.63) is 51.0 Å². The van der Waals surface area contributed by atoms with E-state index in [9.17, 15) is 4.79 Å². The zero-order valence-corrected chi connectivity index (χ0v) is 12.5. The average molecular weight is 290 g/mol. The molecule has 0 aliphatic rings. The molecular formula is C15H18N2O2S. The predicted octanol–water partition coefficient (Wildman–Crippen LogP) is 2.33. The van der Waals surface area contributed by atoms with Gasteiger partial charge in [0.25, 0.3) is 0 Å². The first-order valence-corrected chi connectivity index (χ1v) is 7.28. The van der Waals surface area contributed by atoms with Gasteiger partial charge in [0.05, 0.1) is 23.4 Å². The topological polar surface area (TPSA) is 65.2 Å². The summed E-state index contributed by atoms with van der Waals surface area (Å²) in [5, 5.41) is 1.07. The molecule has 0 amide bonds. The minimum atomic E-state index is -0.309. The fraction of sp³-hybridized carbons (Fsp3) is 0.333. The van der Waals surface area contributed by atoms with Gasteiger partial charge >= 0.3 is 5.97 Å². The van der Waals surface area contributed by atoms with Crippen LogP contribution in [0.1, 0.15) is 31.5 Å². The molecule has 0 unspecified atom stereocenters. The molecule has 0 spiro atoms. The second kappa shape index (κ2) is 6.63. The van der Waals surface area contributed by atoms with Crippen LogP contribution in [0, 0.1) is 6.92 Å². The lowest BCUT2D eigenvalue weighted by Crippen LogP contribution is -2.01. The number of methoxy groups -OCH3 is 1. The Bertz CT molecular complexity index is 608. The summed E-state index contributed by atoms with van der Waals surface area (Å²) in [6.07, 6.45) is 1.59. The lowest BCUT2D eigenvalue weighted by atomic mass is 10.1. The molecule has 4 nitrogen and oxygen atoms in total. The highest BCUT2D eigenvalue weighted by molar-refractivity contribution is 7.11. The van der Waals surface area contributed by atoms with E-state index in [2.05, 4.69) is 4.98 Å². The Morgan fingerprint density at radius 1 is 1.45 bits per heavy atom. The third-order valence-electron chi connectivity index (χ3n) is 3.01. The molecule has 1 heterocycles. The smallest absolute Gasteiger partial charge is 0.337 e. The quantitative estimate of drug-likeness (QED) is 0.858. The van der Waals surface area contributed by atoms with Crippen molar-refractivity contribution in [1.29, 1.82) is 0 Å². The predicted molar refractivity (Wildman–Crippen MR) is 80.2 cm³/mol. The SMILES string of the molecule is COC(=O)c1cccc(Cc2sc(CCN)nc2C)c1. The van der Waals surface area contributed by atoms with E-state index in [-0.39, 0.29) is 5.97 Å². The normalized spacial score (nSPS) is 10.6. The number of nitrogens with two attached hydrogens (primary N) is 1. The maximum absolute atomic E-state index is 11.5. The number of esters is 1. The van der Waals surface area contributed by atoms with Crippen LogP contribution in [0.5, 0.6) is 0 Å². The first-order valence-electron chi connectivity index (χ1n) is 6.46. The monoisotopic (exact) mass is 290 g/mol. The van der Waals surface area contributed by atoms with Crippen LogP contribution in [0.25, 0.3) is 0 Å². The first kappa shape index (κ1) is 14.7. The molecule has 20 heavy (non-hydrogen) atoms. The van der Waals surface area contributed by atoms with Gasteiger partial charge in [-0.05, 0) is 31.2 Å². The number of carbonyl (C=O) groups excluding carboxylic acids is 1. The van der Waals surface area contributed by atoms with Crippen LogP contribution in [-0.2, 0) is 17.6 Å². The molecule has 2 aromatic rings. The molecule has 2 rings (SSSR count).